The largest absolute Gasteiger partial charge is 0.399 e. The molecule has 0 atom stereocenters. The minimum absolute atomic E-state index is 0.723. The quantitative estimate of drug-likeness (QED) is 0.623. The van der Waals surface area contributed by atoms with Gasteiger partial charge < -0.3 is 17.2 Å². The van der Waals surface area contributed by atoms with Crippen LogP contribution in [0.2, 0.25) is 0 Å². The van der Waals surface area contributed by atoms with Crippen LogP contribution >= 0.6 is 0 Å². The number of nitrogens with two attached hydrogens (primary N) is 3. The second-order valence-electron chi connectivity index (χ2n) is 5.05. The Balaban J connectivity index is 2.04. The van der Waals surface area contributed by atoms with E-state index in [1.54, 1.807) is 0 Å². The van der Waals surface area contributed by atoms with E-state index in [1.807, 2.05) is 66.7 Å². The molecule has 0 heterocycles. The predicted molar refractivity (Wildman–Crippen MR) is 90.6 cm³/mol. The van der Waals surface area contributed by atoms with Gasteiger partial charge in [0.2, 0.25) is 0 Å². The monoisotopic (exact) mass is 275 g/mol. The van der Waals surface area contributed by atoms with Crippen LogP contribution in [0.5, 0.6) is 0 Å². The van der Waals surface area contributed by atoms with Gasteiger partial charge in [-0.3, -0.25) is 0 Å². The SMILES string of the molecule is Nc1cccc(-c2ccc(-c3cccc(N)c3)c(N)c2)c1. The zero-order valence-electron chi connectivity index (χ0n) is 11.6. The normalized spacial score (nSPS) is 10.5. The summed E-state index contributed by atoms with van der Waals surface area (Å²) in [4.78, 5) is 0. The van der Waals surface area contributed by atoms with Crippen molar-refractivity contribution in [3.8, 4) is 22.3 Å². The van der Waals surface area contributed by atoms with Crippen LogP contribution in [0.15, 0.2) is 66.7 Å². The third kappa shape index (κ3) is 2.67. The molecule has 3 aromatic rings. The molecule has 104 valence electrons. The standard InChI is InChI=1S/C18H17N3/c19-15-5-1-3-12(9-15)13-7-8-17(18(21)11-13)14-4-2-6-16(20)10-14/h1-11H,19-21H2. The summed E-state index contributed by atoms with van der Waals surface area (Å²) in [7, 11) is 0. The number of hydrogen-bond acceptors (Lipinski definition) is 3. The van der Waals surface area contributed by atoms with E-state index in [0.717, 1.165) is 39.3 Å². The van der Waals surface area contributed by atoms with E-state index in [2.05, 4.69) is 0 Å². The van der Waals surface area contributed by atoms with Crippen molar-refractivity contribution in [2.45, 2.75) is 0 Å². The fourth-order valence-corrected chi connectivity index (χ4v) is 2.43. The van der Waals surface area contributed by atoms with Gasteiger partial charge >= 0.3 is 0 Å². The fraction of sp³-hybridized carbons (Fsp3) is 0. The number of rotatable bonds is 2. The molecule has 0 amide bonds. The van der Waals surface area contributed by atoms with E-state index in [4.69, 9.17) is 17.2 Å². The molecule has 0 saturated heterocycles. The van der Waals surface area contributed by atoms with Crippen LogP contribution in [0.3, 0.4) is 0 Å². The van der Waals surface area contributed by atoms with Gasteiger partial charge in [0, 0.05) is 22.6 Å². The van der Waals surface area contributed by atoms with Crippen LogP contribution in [0.4, 0.5) is 17.1 Å². The van der Waals surface area contributed by atoms with Gasteiger partial charge in [-0.25, -0.2) is 0 Å². The van der Waals surface area contributed by atoms with Crippen LogP contribution in [-0.4, -0.2) is 0 Å². The summed E-state index contributed by atoms with van der Waals surface area (Å²) in [5.74, 6) is 0. The lowest BCUT2D eigenvalue weighted by Gasteiger charge is -2.10. The first-order valence-corrected chi connectivity index (χ1v) is 6.75. The van der Waals surface area contributed by atoms with Crippen LogP contribution in [0, 0.1) is 0 Å². The van der Waals surface area contributed by atoms with Gasteiger partial charge in [0.25, 0.3) is 0 Å². The summed E-state index contributed by atoms with van der Waals surface area (Å²) in [6, 6.07) is 21.5. The highest BCUT2D eigenvalue weighted by molar-refractivity contribution is 5.82. The molecule has 0 fully saturated rings. The molecular weight excluding hydrogens is 258 g/mol. The van der Waals surface area contributed by atoms with E-state index < -0.39 is 0 Å². The second-order valence-corrected chi connectivity index (χ2v) is 5.05. The summed E-state index contributed by atoms with van der Waals surface area (Å²) in [5, 5.41) is 0. The highest BCUT2D eigenvalue weighted by Gasteiger charge is 2.06. The first kappa shape index (κ1) is 13.1. The molecule has 0 saturated carbocycles. The maximum atomic E-state index is 6.21. The lowest BCUT2D eigenvalue weighted by molar-refractivity contribution is 1.58. The highest BCUT2D eigenvalue weighted by atomic mass is 14.6. The molecular formula is C18H17N3. The lowest BCUT2D eigenvalue weighted by atomic mass is 9.98. The van der Waals surface area contributed by atoms with Crippen molar-refractivity contribution < 1.29 is 0 Å². The molecule has 3 rings (SSSR count). The van der Waals surface area contributed by atoms with Gasteiger partial charge in [-0.15, -0.1) is 0 Å². The molecule has 0 radical (unpaired) electrons. The van der Waals surface area contributed by atoms with Crippen molar-refractivity contribution >= 4 is 17.1 Å². The van der Waals surface area contributed by atoms with Gasteiger partial charge in [0.15, 0.2) is 0 Å². The second kappa shape index (κ2) is 5.21. The van der Waals surface area contributed by atoms with E-state index in [1.165, 1.54) is 0 Å². The number of benzene rings is 3. The van der Waals surface area contributed by atoms with Crippen molar-refractivity contribution in [2.24, 2.45) is 0 Å². The topological polar surface area (TPSA) is 78.1 Å². The fourth-order valence-electron chi connectivity index (χ4n) is 2.43. The van der Waals surface area contributed by atoms with Crippen molar-refractivity contribution in [1.29, 1.82) is 0 Å². The van der Waals surface area contributed by atoms with Gasteiger partial charge in [-0.2, -0.15) is 0 Å². The molecule has 0 bridgehead atoms. The highest BCUT2D eigenvalue weighted by Crippen LogP contribution is 2.31. The molecule has 3 nitrogen and oxygen atoms in total. The number of anilines is 3. The maximum absolute atomic E-state index is 6.21. The van der Waals surface area contributed by atoms with Gasteiger partial charge in [0.05, 0.1) is 0 Å². The van der Waals surface area contributed by atoms with Crippen molar-refractivity contribution in [2.75, 3.05) is 17.2 Å². The Morgan fingerprint density at radius 3 is 1.71 bits per heavy atom. The molecule has 0 aliphatic rings. The zero-order chi connectivity index (χ0) is 14.8. The van der Waals surface area contributed by atoms with Crippen molar-refractivity contribution in [3.05, 3.63) is 66.7 Å². The summed E-state index contributed by atoms with van der Waals surface area (Å²) in [6.07, 6.45) is 0. The molecule has 0 spiro atoms. The third-order valence-electron chi connectivity index (χ3n) is 3.47. The molecule has 6 N–H and O–H groups in total. The van der Waals surface area contributed by atoms with Gasteiger partial charge in [-0.05, 0) is 47.0 Å². The minimum Gasteiger partial charge on any atom is -0.399 e. The Bertz CT molecular complexity index is 794. The zero-order valence-corrected chi connectivity index (χ0v) is 11.6. The summed E-state index contributed by atoms with van der Waals surface area (Å²) in [5.41, 5.74) is 24.2. The van der Waals surface area contributed by atoms with Crippen LogP contribution in [0.1, 0.15) is 0 Å². The molecule has 3 aromatic carbocycles. The average molecular weight is 275 g/mol. The smallest absolute Gasteiger partial charge is 0.0399 e. The van der Waals surface area contributed by atoms with Crippen LogP contribution in [0.25, 0.3) is 22.3 Å². The molecule has 0 unspecified atom stereocenters. The molecule has 0 aromatic heterocycles. The Morgan fingerprint density at radius 1 is 0.524 bits per heavy atom. The maximum Gasteiger partial charge on any atom is 0.0399 e. The molecule has 3 heteroatoms. The van der Waals surface area contributed by atoms with Gasteiger partial charge in [-0.1, -0.05) is 36.4 Å². The Kier molecular flexibility index (Phi) is 3.24. The van der Waals surface area contributed by atoms with Crippen molar-refractivity contribution in [3.63, 3.8) is 0 Å². The molecule has 0 aliphatic carbocycles. The summed E-state index contributed by atoms with van der Waals surface area (Å²) < 4.78 is 0. The number of nitrogen functional groups attached to an aromatic ring is 3. The van der Waals surface area contributed by atoms with Crippen molar-refractivity contribution in [1.82, 2.24) is 0 Å². The third-order valence-corrected chi connectivity index (χ3v) is 3.47. The van der Waals surface area contributed by atoms with E-state index >= 15 is 0 Å². The first-order chi connectivity index (χ1) is 10.1. The summed E-state index contributed by atoms with van der Waals surface area (Å²) in [6.45, 7) is 0. The first-order valence-electron chi connectivity index (χ1n) is 6.75. The van der Waals surface area contributed by atoms with Crippen LogP contribution in [-0.2, 0) is 0 Å². The minimum atomic E-state index is 0.723. The van der Waals surface area contributed by atoms with E-state index in [0.29, 0.717) is 0 Å². The molecule has 21 heavy (non-hydrogen) atoms. The van der Waals surface area contributed by atoms with Gasteiger partial charge in [0.1, 0.15) is 0 Å². The van der Waals surface area contributed by atoms with Crippen LogP contribution < -0.4 is 17.2 Å². The lowest BCUT2D eigenvalue weighted by Crippen LogP contribution is -1.93. The van der Waals surface area contributed by atoms with E-state index in [-0.39, 0.29) is 0 Å². The Hall–Kier alpha value is -2.94. The predicted octanol–water partition coefficient (Wildman–Crippen LogP) is 3.77. The van der Waals surface area contributed by atoms with E-state index in [9.17, 15) is 0 Å². The molecule has 0 aliphatic heterocycles. The average Bonchev–Trinajstić information content (AvgIpc) is 2.47. The Labute approximate surface area is 124 Å². The summed E-state index contributed by atoms with van der Waals surface area (Å²) >= 11 is 0. The Morgan fingerprint density at radius 2 is 1.10 bits per heavy atom. The number of hydrogen-bond donors (Lipinski definition) is 3.